The average Bonchev–Trinajstić information content (AvgIpc) is 2.81. The average molecular weight is 283 g/mol. The van der Waals surface area contributed by atoms with Gasteiger partial charge in [-0.1, -0.05) is 12.8 Å². The summed E-state index contributed by atoms with van der Waals surface area (Å²) in [6.07, 6.45) is 5.68. The van der Waals surface area contributed by atoms with Crippen LogP contribution in [0.3, 0.4) is 0 Å². The highest BCUT2D eigenvalue weighted by Crippen LogP contribution is 2.33. The summed E-state index contributed by atoms with van der Waals surface area (Å²) in [5.74, 6) is -0.0714. The molecule has 114 valence electrons. The van der Waals surface area contributed by atoms with Gasteiger partial charge in [-0.15, -0.1) is 0 Å². The summed E-state index contributed by atoms with van der Waals surface area (Å²) in [5.41, 5.74) is -0.576. The molecule has 3 atom stereocenters. The maximum Gasteiger partial charge on any atom is 0.326 e. The maximum absolute atomic E-state index is 11.9. The fourth-order valence-electron chi connectivity index (χ4n) is 2.96. The molecule has 0 radical (unpaired) electrons. The minimum atomic E-state index is -0.576. The Morgan fingerprint density at radius 2 is 1.85 bits per heavy atom. The molecule has 0 aromatic carbocycles. The van der Waals surface area contributed by atoms with Gasteiger partial charge in [-0.05, 0) is 46.0 Å². The molecule has 1 saturated heterocycles. The molecule has 1 saturated carbocycles. The van der Waals surface area contributed by atoms with E-state index in [2.05, 4.69) is 5.32 Å². The van der Waals surface area contributed by atoms with Crippen molar-refractivity contribution in [2.24, 2.45) is 11.3 Å². The van der Waals surface area contributed by atoms with E-state index in [0.29, 0.717) is 12.0 Å². The first kappa shape index (κ1) is 15.3. The first-order valence-electron chi connectivity index (χ1n) is 7.48. The topological polar surface area (TPSA) is 64.6 Å². The first-order chi connectivity index (χ1) is 9.38. The number of hydrogen-bond acceptors (Lipinski definition) is 5. The number of rotatable bonds is 3. The van der Waals surface area contributed by atoms with Gasteiger partial charge in [0.05, 0.1) is 5.41 Å². The normalized spacial score (nSPS) is 29.6. The van der Waals surface area contributed by atoms with Gasteiger partial charge in [-0.2, -0.15) is 0 Å². The van der Waals surface area contributed by atoms with Crippen LogP contribution in [0.4, 0.5) is 0 Å². The molecule has 0 spiro atoms. The first-order valence-corrected chi connectivity index (χ1v) is 7.48. The van der Waals surface area contributed by atoms with E-state index in [-0.39, 0.29) is 24.8 Å². The molecule has 2 rings (SSSR count). The molecular weight excluding hydrogens is 258 g/mol. The van der Waals surface area contributed by atoms with Crippen LogP contribution in [0.25, 0.3) is 0 Å². The van der Waals surface area contributed by atoms with Crippen LogP contribution in [0.2, 0.25) is 0 Å². The van der Waals surface area contributed by atoms with Gasteiger partial charge in [0.1, 0.15) is 6.04 Å². The monoisotopic (exact) mass is 283 g/mol. The van der Waals surface area contributed by atoms with E-state index in [1.807, 2.05) is 0 Å². The van der Waals surface area contributed by atoms with Crippen molar-refractivity contribution in [1.29, 1.82) is 0 Å². The lowest BCUT2D eigenvalue weighted by Crippen LogP contribution is -2.38. The van der Waals surface area contributed by atoms with Crippen LogP contribution in [0.1, 0.15) is 52.9 Å². The van der Waals surface area contributed by atoms with Gasteiger partial charge in [0.2, 0.25) is 6.79 Å². The van der Waals surface area contributed by atoms with E-state index < -0.39 is 5.41 Å². The number of carbonyl (C=O) groups excluding carboxylic acids is 2. The Balaban J connectivity index is 1.72. The van der Waals surface area contributed by atoms with Crippen LogP contribution >= 0.6 is 0 Å². The van der Waals surface area contributed by atoms with Gasteiger partial charge in [0.25, 0.3) is 0 Å². The molecule has 1 aliphatic carbocycles. The van der Waals surface area contributed by atoms with Gasteiger partial charge in [-0.3, -0.25) is 9.59 Å². The molecule has 20 heavy (non-hydrogen) atoms. The summed E-state index contributed by atoms with van der Waals surface area (Å²) in [6, 6.07) is 0.217. The third kappa shape index (κ3) is 3.72. The highest BCUT2D eigenvalue weighted by molar-refractivity contribution is 5.77. The zero-order chi connectivity index (χ0) is 14.8. The summed E-state index contributed by atoms with van der Waals surface area (Å²) in [6.45, 7) is 5.00. The zero-order valence-electron chi connectivity index (χ0n) is 12.6. The molecule has 5 nitrogen and oxygen atoms in total. The standard InChI is InChI=1S/C15H25NO4/c1-15(2,3)14(18)20-9-19-13(17)12-8-10-6-4-5-7-11(10)16-12/h10-12,16H,4-9H2,1-3H3/t10?,11?,12-/m0/s1. The van der Waals surface area contributed by atoms with Crippen LogP contribution in [0.5, 0.6) is 0 Å². The molecule has 1 N–H and O–H groups in total. The summed E-state index contributed by atoms with van der Waals surface area (Å²) >= 11 is 0. The van der Waals surface area contributed by atoms with Crippen LogP contribution in [0, 0.1) is 11.3 Å². The van der Waals surface area contributed by atoms with Crippen molar-refractivity contribution in [2.45, 2.75) is 65.0 Å². The molecule has 2 unspecified atom stereocenters. The molecule has 0 bridgehead atoms. The van der Waals surface area contributed by atoms with Crippen LogP contribution in [0.15, 0.2) is 0 Å². The SMILES string of the molecule is CC(C)(C)C(=O)OCOC(=O)[C@@H]1CC2CCCCC2N1. The Hall–Kier alpha value is -1.10. The molecule has 0 aromatic heterocycles. The predicted molar refractivity (Wildman–Crippen MR) is 73.8 cm³/mol. The van der Waals surface area contributed by atoms with Gasteiger partial charge in [-0.25, -0.2) is 0 Å². The Morgan fingerprint density at radius 1 is 1.15 bits per heavy atom. The molecule has 0 aromatic rings. The Bertz CT molecular complexity index is 361. The molecule has 1 aliphatic heterocycles. The van der Waals surface area contributed by atoms with Crippen molar-refractivity contribution >= 4 is 11.9 Å². The van der Waals surface area contributed by atoms with Crippen molar-refractivity contribution in [1.82, 2.24) is 5.32 Å². The highest BCUT2D eigenvalue weighted by atomic mass is 16.7. The summed E-state index contributed by atoms with van der Waals surface area (Å²) in [7, 11) is 0. The quantitative estimate of drug-likeness (QED) is 0.634. The number of ether oxygens (including phenoxy) is 2. The minimum absolute atomic E-state index is 0.239. The summed E-state index contributed by atoms with van der Waals surface area (Å²) < 4.78 is 10.00. The Morgan fingerprint density at radius 3 is 2.50 bits per heavy atom. The van der Waals surface area contributed by atoms with Crippen LogP contribution < -0.4 is 5.32 Å². The minimum Gasteiger partial charge on any atom is -0.427 e. The second kappa shape index (κ2) is 6.12. The largest absolute Gasteiger partial charge is 0.427 e. The van der Waals surface area contributed by atoms with E-state index in [4.69, 9.17) is 9.47 Å². The van der Waals surface area contributed by atoms with Crippen molar-refractivity contribution in [3.63, 3.8) is 0 Å². The maximum atomic E-state index is 11.9. The molecular formula is C15H25NO4. The molecule has 5 heteroatoms. The second-order valence-corrected chi connectivity index (χ2v) is 6.87. The van der Waals surface area contributed by atoms with Crippen molar-refractivity contribution < 1.29 is 19.1 Å². The number of fused-ring (bicyclic) bond motifs is 1. The van der Waals surface area contributed by atoms with E-state index in [1.165, 1.54) is 19.3 Å². The molecule has 1 heterocycles. The molecule has 2 aliphatic rings. The van der Waals surface area contributed by atoms with Crippen molar-refractivity contribution in [3.8, 4) is 0 Å². The lowest BCUT2D eigenvalue weighted by atomic mass is 9.85. The third-order valence-corrected chi connectivity index (χ3v) is 4.15. The number of carbonyl (C=O) groups is 2. The second-order valence-electron chi connectivity index (χ2n) is 6.87. The van der Waals surface area contributed by atoms with Gasteiger partial charge >= 0.3 is 11.9 Å². The number of esters is 2. The fourth-order valence-corrected chi connectivity index (χ4v) is 2.96. The van der Waals surface area contributed by atoms with E-state index in [0.717, 1.165) is 12.8 Å². The number of hydrogen-bond donors (Lipinski definition) is 1. The summed E-state index contributed by atoms with van der Waals surface area (Å²) in [4.78, 5) is 23.5. The van der Waals surface area contributed by atoms with E-state index in [1.54, 1.807) is 20.8 Å². The van der Waals surface area contributed by atoms with Crippen LogP contribution in [-0.2, 0) is 19.1 Å². The smallest absolute Gasteiger partial charge is 0.326 e. The van der Waals surface area contributed by atoms with Gasteiger partial charge in [0, 0.05) is 6.04 Å². The highest BCUT2D eigenvalue weighted by Gasteiger charge is 2.39. The Kier molecular flexibility index (Phi) is 4.68. The van der Waals surface area contributed by atoms with Crippen molar-refractivity contribution in [3.05, 3.63) is 0 Å². The summed E-state index contributed by atoms with van der Waals surface area (Å²) in [5, 5.41) is 3.35. The lowest BCUT2D eigenvalue weighted by molar-refractivity contribution is -0.174. The predicted octanol–water partition coefficient (Wildman–Crippen LogP) is 2.00. The van der Waals surface area contributed by atoms with Gasteiger partial charge < -0.3 is 14.8 Å². The fraction of sp³-hybridized carbons (Fsp3) is 0.867. The zero-order valence-corrected chi connectivity index (χ0v) is 12.6. The van der Waals surface area contributed by atoms with E-state index >= 15 is 0 Å². The van der Waals surface area contributed by atoms with Crippen LogP contribution in [-0.4, -0.2) is 30.8 Å². The van der Waals surface area contributed by atoms with E-state index in [9.17, 15) is 9.59 Å². The molecule has 0 amide bonds. The Labute approximate surface area is 120 Å². The third-order valence-electron chi connectivity index (χ3n) is 4.15. The van der Waals surface area contributed by atoms with Crippen molar-refractivity contribution in [2.75, 3.05) is 6.79 Å². The van der Waals surface area contributed by atoms with Gasteiger partial charge in [0.15, 0.2) is 0 Å². The molecule has 2 fully saturated rings. The lowest BCUT2D eigenvalue weighted by Gasteiger charge is -2.24. The number of nitrogens with one attached hydrogen (secondary N) is 1.